The van der Waals surface area contributed by atoms with Gasteiger partial charge in [0.15, 0.2) is 0 Å². The molecule has 1 saturated heterocycles. The predicted molar refractivity (Wildman–Crippen MR) is 75.4 cm³/mol. The molecule has 3 N–H and O–H groups in total. The van der Waals surface area contributed by atoms with Crippen LogP contribution in [0.25, 0.3) is 0 Å². The molecule has 116 valence electrons. The molecule has 1 rings (SSSR count). The van der Waals surface area contributed by atoms with E-state index >= 15 is 0 Å². The van der Waals surface area contributed by atoms with E-state index in [2.05, 4.69) is 5.32 Å². The normalized spacial score (nSPS) is 20.8. The predicted octanol–water partition coefficient (Wildman–Crippen LogP) is 1.15. The molecule has 0 radical (unpaired) electrons. The average molecular weight is 286 g/mol. The SMILES string of the molecule is CC(C)C(CNC(=O)N1CCCC(CCO)C1)C(=O)O. The third kappa shape index (κ3) is 5.00. The summed E-state index contributed by atoms with van der Waals surface area (Å²) in [5.74, 6) is -1.11. The third-order valence-electron chi connectivity index (χ3n) is 3.94. The van der Waals surface area contributed by atoms with Gasteiger partial charge in [0.05, 0.1) is 5.92 Å². The maximum Gasteiger partial charge on any atom is 0.317 e. The van der Waals surface area contributed by atoms with Crippen molar-refractivity contribution in [2.45, 2.75) is 33.1 Å². The molecule has 0 aromatic heterocycles. The largest absolute Gasteiger partial charge is 0.481 e. The molecule has 6 heteroatoms. The van der Waals surface area contributed by atoms with Crippen molar-refractivity contribution in [1.82, 2.24) is 10.2 Å². The van der Waals surface area contributed by atoms with Crippen LogP contribution in [0.1, 0.15) is 33.1 Å². The summed E-state index contributed by atoms with van der Waals surface area (Å²) >= 11 is 0. The Morgan fingerprint density at radius 2 is 2.10 bits per heavy atom. The summed E-state index contributed by atoms with van der Waals surface area (Å²) in [6.07, 6.45) is 2.69. The van der Waals surface area contributed by atoms with Crippen molar-refractivity contribution in [2.75, 3.05) is 26.2 Å². The monoisotopic (exact) mass is 286 g/mol. The third-order valence-corrected chi connectivity index (χ3v) is 3.94. The summed E-state index contributed by atoms with van der Waals surface area (Å²) in [6, 6.07) is -0.195. The van der Waals surface area contributed by atoms with E-state index in [4.69, 9.17) is 10.2 Å². The van der Waals surface area contributed by atoms with E-state index in [1.54, 1.807) is 4.90 Å². The quantitative estimate of drug-likeness (QED) is 0.683. The number of carbonyl (C=O) groups is 2. The van der Waals surface area contributed by atoms with Gasteiger partial charge in [-0.2, -0.15) is 0 Å². The molecule has 2 amide bonds. The molecule has 0 spiro atoms. The van der Waals surface area contributed by atoms with Gasteiger partial charge in [-0.1, -0.05) is 13.8 Å². The van der Waals surface area contributed by atoms with Gasteiger partial charge >= 0.3 is 12.0 Å². The molecule has 1 aliphatic rings. The molecule has 0 aromatic carbocycles. The Morgan fingerprint density at radius 3 is 2.65 bits per heavy atom. The fraction of sp³-hybridized carbons (Fsp3) is 0.857. The first-order chi connectivity index (χ1) is 9.45. The highest BCUT2D eigenvalue weighted by molar-refractivity contribution is 5.76. The van der Waals surface area contributed by atoms with E-state index in [-0.39, 0.29) is 25.1 Å². The number of rotatable bonds is 6. The van der Waals surface area contributed by atoms with Gasteiger partial charge < -0.3 is 20.4 Å². The molecule has 0 saturated carbocycles. The van der Waals surface area contributed by atoms with E-state index in [1.165, 1.54) is 0 Å². The number of amides is 2. The Labute approximate surface area is 120 Å². The van der Waals surface area contributed by atoms with Gasteiger partial charge in [-0.05, 0) is 31.1 Å². The molecule has 0 bridgehead atoms. The lowest BCUT2D eigenvalue weighted by atomic mass is 9.95. The standard InChI is InChI=1S/C14H26N2O4/c1-10(2)12(13(18)19)8-15-14(20)16-6-3-4-11(9-16)5-7-17/h10-12,17H,3-9H2,1-2H3,(H,15,20)(H,18,19). The minimum atomic E-state index is -0.878. The second-order valence-electron chi connectivity index (χ2n) is 5.84. The first kappa shape index (κ1) is 16.8. The Kier molecular flexibility index (Phi) is 6.78. The highest BCUT2D eigenvalue weighted by Crippen LogP contribution is 2.19. The lowest BCUT2D eigenvalue weighted by molar-refractivity contribution is -0.142. The second kappa shape index (κ2) is 8.09. The lowest BCUT2D eigenvalue weighted by Gasteiger charge is -2.33. The number of aliphatic hydroxyl groups excluding tert-OH is 1. The van der Waals surface area contributed by atoms with E-state index in [0.717, 1.165) is 12.8 Å². The average Bonchev–Trinajstić information content (AvgIpc) is 2.38. The molecule has 6 nitrogen and oxygen atoms in total. The van der Waals surface area contributed by atoms with Crippen molar-refractivity contribution < 1.29 is 19.8 Å². The summed E-state index contributed by atoms with van der Waals surface area (Å²) in [4.78, 5) is 24.9. The van der Waals surface area contributed by atoms with Crippen LogP contribution in [-0.2, 0) is 4.79 Å². The number of urea groups is 1. The number of hydrogen-bond donors (Lipinski definition) is 3. The molecule has 20 heavy (non-hydrogen) atoms. The van der Waals surface area contributed by atoms with Gasteiger partial charge in [-0.3, -0.25) is 4.79 Å². The molecule has 2 atom stereocenters. The van der Waals surface area contributed by atoms with Crippen molar-refractivity contribution in [3.63, 3.8) is 0 Å². The summed E-state index contributed by atoms with van der Waals surface area (Å²) in [5.41, 5.74) is 0. The Balaban J connectivity index is 2.43. The van der Waals surface area contributed by atoms with Crippen LogP contribution in [0.5, 0.6) is 0 Å². The van der Waals surface area contributed by atoms with E-state index < -0.39 is 11.9 Å². The zero-order chi connectivity index (χ0) is 15.1. The fourth-order valence-electron chi connectivity index (χ4n) is 2.58. The number of hydrogen-bond acceptors (Lipinski definition) is 3. The zero-order valence-electron chi connectivity index (χ0n) is 12.3. The van der Waals surface area contributed by atoms with Crippen LogP contribution < -0.4 is 5.32 Å². The number of nitrogens with zero attached hydrogens (tertiary/aromatic N) is 1. The molecule has 1 heterocycles. The van der Waals surface area contributed by atoms with Crippen molar-refractivity contribution in [2.24, 2.45) is 17.8 Å². The summed E-state index contributed by atoms with van der Waals surface area (Å²) in [5, 5.41) is 20.8. The minimum Gasteiger partial charge on any atom is -0.481 e. The molecule has 0 aromatic rings. The number of aliphatic carboxylic acids is 1. The number of carboxylic acids is 1. The molecule has 0 aliphatic carbocycles. The maximum absolute atomic E-state index is 12.1. The van der Waals surface area contributed by atoms with Crippen molar-refractivity contribution >= 4 is 12.0 Å². The minimum absolute atomic E-state index is 0.0173. The summed E-state index contributed by atoms with van der Waals surface area (Å²) < 4.78 is 0. The first-order valence-corrected chi connectivity index (χ1v) is 7.32. The zero-order valence-corrected chi connectivity index (χ0v) is 12.3. The number of piperidine rings is 1. The Morgan fingerprint density at radius 1 is 1.40 bits per heavy atom. The highest BCUT2D eigenvalue weighted by atomic mass is 16.4. The van der Waals surface area contributed by atoms with Crippen LogP contribution in [0.3, 0.4) is 0 Å². The number of nitrogens with one attached hydrogen (secondary N) is 1. The van der Waals surface area contributed by atoms with Gasteiger partial charge in [-0.25, -0.2) is 4.79 Å². The van der Waals surface area contributed by atoms with Gasteiger partial charge in [-0.15, -0.1) is 0 Å². The van der Waals surface area contributed by atoms with Crippen LogP contribution in [0, 0.1) is 17.8 Å². The summed E-state index contributed by atoms with van der Waals surface area (Å²) in [6.45, 7) is 5.33. The molecular formula is C14H26N2O4. The summed E-state index contributed by atoms with van der Waals surface area (Å²) in [7, 11) is 0. The Bertz CT molecular complexity index is 331. The lowest BCUT2D eigenvalue weighted by Crippen LogP contribution is -2.47. The van der Waals surface area contributed by atoms with Gasteiger partial charge in [0.25, 0.3) is 0 Å². The van der Waals surface area contributed by atoms with E-state index in [1.807, 2.05) is 13.8 Å². The number of likely N-dealkylation sites (tertiary alicyclic amines) is 1. The molecule has 1 aliphatic heterocycles. The van der Waals surface area contributed by atoms with Crippen LogP contribution in [-0.4, -0.2) is 53.4 Å². The maximum atomic E-state index is 12.1. The molecule has 1 fully saturated rings. The van der Waals surface area contributed by atoms with Crippen LogP contribution in [0.15, 0.2) is 0 Å². The second-order valence-corrected chi connectivity index (χ2v) is 5.84. The van der Waals surface area contributed by atoms with Crippen LogP contribution >= 0.6 is 0 Å². The van der Waals surface area contributed by atoms with Crippen LogP contribution in [0.2, 0.25) is 0 Å². The van der Waals surface area contributed by atoms with Gasteiger partial charge in [0.2, 0.25) is 0 Å². The number of aliphatic hydroxyl groups is 1. The van der Waals surface area contributed by atoms with Crippen molar-refractivity contribution in [3.05, 3.63) is 0 Å². The topological polar surface area (TPSA) is 89.9 Å². The van der Waals surface area contributed by atoms with Gasteiger partial charge in [0.1, 0.15) is 0 Å². The smallest absolute Gasteiger partial charge is 0.317 e. The highest BCUT2D eigenvalue weighted by Gasteiger charge is 2.26. The van der Waals surface area contributed by atoms with Crippen LogP contribution in [0.4, 0.5) is 4.79 Å². The molecular weight excluding hydrogens is 260 g/mol. The van der Waals surface area contributed by atoms with E-state index in [9.17, 15) is 9.59 Å². The first-order valence-electron chi connectivity index (χ1n) is 7.32. The Hall–Kier alpha value is -1.30. The number of carbonyl (C=O) groups excluding carboxylic acids is 1. The number of carboxylic acid groups (broad SMARTS) is 1. The van der Waals surface area contributed by atoms with Crippen molar-refractivity contribution in [1.29, 1.82) is 0 Å². The van der Waals surface area contributed by atoms with Gasteiger partial charge in [0, 0.05) is 26.2 Å². The van der Waals surface area contributed by atoms with Crippen molar-refractivity contribution in [3.8, 4) is 0 Å². The molecule has 2 unspecified atom stereocenters. The van der Waals surface area contributed by atoms with E-state index in [0.29, 0.717) is 25.4 Å². The fourth-order valence-corrected chi connectivity index (χ4v) is 2.58.